The molecule has 6 nitrogen and oxygen atoms in total. The van der Waals surface area contributed by atoms with E-state index >= 15 is 0 Å². The molecule has 1 atom stereocenters. The molecule has 26 heavy (non-hydrogen) atoms. The number of piperidine rings is 1. The van der Waals surface area contributed by atoms with Crippen molar-refractivity contribution in [3.05, 3.63) is 47.0 Å². The van der Waals surface area contributed by atoms with Crippen molar-refractivity contribution in [2.75, 3.05) is 33.9 Å². The lowest BCUT2D eigenvalue weighted by atomic mass is 9.96. The topological polar surface area (TPSA) is 56.6 Å². The fraction of sp³-hybridized carbons (Fsp3) is 0.474. The van der Waals surface area contributed by atoms with E-state index < -0.39 is 0 Å². The molecular formula is C19H24ClN3O3. The molecule has 1 aromatic carbocycles. The van der Waals surface area contributed by atoms with Crippen molar-refractivity contribution in [3.63, 3.8) is 0 Å². The number of aromatic nitrogens is 2. The predicted molar refractivity (Wildman–Crippen MR) is 100.0 cm³/mol. The third-order valence-corrected chi connectivity index (χ3v) is 4.99. The first kappa shape index (κ1) is 18.7. The number of methoxy groups -OCH3 is 2. The molecule has 3 rings (SSSR count). The van der Waals surface area contributed by atoms with Gasteiger partial charge in [-0.3, -0.25) is 4.79 Å². The van der Waals surface area contributed by atoms with Crippen LogP contribution in [0, 0.1) is 0 Å². The fourth-order valence-electron chi connectivity index (χ4n) is 3.44. The normalized spacial score (nSPS) is 17.3. The van der Waals surface area contributed by atoms with E-state index in [1.165, 1.54) is 0 Å². The van der Waals surface area contributed by atoms with Gasteiger partial charge in [0, 0.05) is 50.1 Å². The summed E-state index contributed by atoms with van der Waals surface area (Å²) in [6.45, 7) is 2.79. The van der Waals surface area contributed by atoms with Crippen LogP contribution in [0.1, 0.15) is 34.9 Å². The molecule has 2 heterocycles. The van der Waals surface area contributed by atoms with E-state index in [2.05, 4.69) is 9.55 Å². The highest BCUT2D eigenvalue weighted by molar-refractivity contribution is 6.30. The van der Waals surface area contributed by atoms with Gasteiger partial charge in [-0.25, -0.2) is 4.98 Å². The van der Waals surface area contributed by atoms with E-state index in [-0.39, 0.29) is 11.8 Å². The number of imidazole rings is 1. The van der Waals surface area contributed by atoms with Gasteiger partial charge in [0.05, 0.1) is 19.3 Å². The van der Waals surface area contributed by atoms with E-state index in [1.54, 1.807) is 32.4 Å². The van der Waals surface area contributed by atoms with Gasteiger partial charge in [0.2, 0.25) is 0 Å². The van der Waals surface area contributed by atoms with Crippen LogP contribution in [0.2, 0.25) is 5.02 Å². The molecule has 0 unspecified atom stereocenters. The Hall–Kier alpha value is -2.05. The van der Waals surface area contributed by atoms with Gasteiger partial charge in [-0.2, -0.15) is 0 Å². The number of hydrogen-bond donors (Lipinski definition) is 0. The van der Waals surface area contributed by atoms with Crippen molar-refractivity contribution in [3.8, 4) is 5.75 Å². The average molecular weight is 378 g/mol. The Morgan fingerprint density at radius 1 is 1.38 bits per heavy atom. The van der Waals surface area contributed by atoms with Crippen LogP contribution in [0.3, 0.4) is 0 Å². The lowest BCUT2D eigenvalue weighted by Crippen LogP contribution is -2.40. The summed E-state index contributed by atoms with van der Waals surface area (Å²) in [7, 11) is 3.24. The number of rotatable bonds is 6. The Balaban J connectivity index is 1.76. The van der Waals surface area contributed by atoms with Gasteiger partial charge in [-0.15, -0.1) is 0 Å². The molecule has 0 N–H and O–H groups in total. The summed E-state index contributed by atoms with van der Waals surface area (Å²) in [5.74, 6) is 1.71. The summed E-state index contributed by atoms with van der Waals surface area (Å²) in [6.07, 6.45) is 5.75. The molecule has 0 saturated carbocycles. The maximum Gasteiger partial charge on any atom is 0.257 e. The van der Waals surface area contributed by atoms with E-state index in [0.717, 1.165) is 31.8 Å². The number of carbonyl (C=O) groups excluding carboxylic acids is 1. The number of benzene rings is 1. The van der Waals surface area contributed by atoms with Gasteiger partial charge in [-0.1, -0.05) is 11.6 Å². The highest BCUT2D eigenvalue weighted by atomic mass is 35.5. The molecule has 1 amide bonds. The van der Waals surface area contributed by atoms with Gasteiger partial charge in [0.25, 0.3) is 5.91 Å². The minimum atomic E-state index is -0.0294. The van der Waals surface area contributed by atoms with Crippen LogP contribution in [-0.4, -0.2) is 54.3 Å². The number of carbonyl (C=O) groups is 1. The number of halogens is 1. The van der Waals surface area contributed by atoms with Crippen LogP contribution < -0.4 is 4.74 Å². The second-order valence-corrected chi connectivity index (χ2v) is 6.84. The summed E-state index contributed by atoms with van der Waals surface area (Å²) >= 11 is 6.01. The van der Waals surface area contributed by atoms with Gasteiger partial charge in [-0.05, 0) is 31.0 Å². The molecule has 1 aromatic heterocycles. The first-order chi connectivity index (χ1) is 12.6. The molecule has 0 bridgehead atoms. The van der Waals surface area contributed by atoms with Crippen molar-refractivity contribution in [1.82, 2.24) is 14.5 Å². The smallest absolute Gasteiger partial charge is 0.257 e. The number of amides is 1. The quantitative estimate of drug-likeness (QED) is 0.775. The van der Waals surface area contributed by atoms with Crippen LogP contribution in [0.4, 0.5) is 0 Å². The summed E-state index contributed by atoms with van der Waals surface area (Å²) in [4.78, 5) is 19.4. The lowest BCUT2D eigenvalue weighted by molar-refractivity contribution is 0.0699. The second kappa shape index (κ2) is 8.56. The Kier molecular flexibility index (Phi) is 6.16. The second-order valence-electron chi connectivity index (χ2n) is 6.41. The Morgan fingerprint density at radius 3 is 3.00 bits per heavy atom. The minimum absolute atomic E-state index is 0.0294. The monoisotopic (exact) mass is 377 g/mol. The average Bonchev–Trinajstić information content (AvgIpc) is 3.14. The van der Waals surface area contributed by atoms with Crippen molar-refractivity contribution < 1.29 is 14.3 Å². The molecule has 7 heteroatoms. The van der Waals surface area contributed by atoms with E-state index in [1.807, 2.05) is 17.3 Å². The Labute approximate surface area is 158 Å². The summed E-state index contributed by atoms with van der Waals surface area (Å²) in [5.41, 5.74) is 0.542. The maximum atomic E-state index is 13.0. The molecule has 1 aliphatic rings. The number of hydrogen-bond acceptors (Lipinski definition) is 4. The molecule has 1 aliphatic heterocycles. The molecule has 1 saturated heterocycles. The van der Waals surface area contributed by atoms with E-state index in [9.17, 15) is 4.79 Å². The zero-order chi connectivity index (χ0) is 18.5. The van der Waals surface area contributed by atoms with E-state index in [0.29, 0.717) is 29.5 Å². The Morgan fingerprint density at radius 2 is 2.23 bits per heavy atom. The molecule has 1 fully saturated rings. The molecule has 0 aliphatic carbocycles. The highest BCUT2D eigenvalue weighted by Crippen LogP contribution is 2.29. The van der Waals surface area contributed by atoms with Gasteiger partial charge < -0.3 is 18.9 Å². The van der Waals surface area contributed by atoms with Crippen LogP contribution in [0.15, 0.2) is 30.6 Å². The van der Waals surface area contributed by atoms with Crippen LogP contribution >= 0.6 is 11.6 Å². The summed E-state index contributed by atoms with van der Waals surface area (Å²) < 4.78 is 12.6. The number of nitrogens with zero attached hydrogens (tertiary/aromatic N) is 3. The van der Waals surface area contributed by atoms with Gasteiger partial charge in [0.15, 0.2) is 0 Å². The molecule has 0 radical (unpaired) electrons. The number of likely N-dealkylation sites (tertiary alicyclic amines) is 1. The zero-order valence-electron chi connectivity index (χ0n) is 15.2. The molecule has 0 spiro atoms. The van der Waals surface area contributed by atoms with Crippen LogP contribution in [-0.2, 0) is 11.3 Å². The molecular weight excluding hydrogens is 354 g/mol. The first-order valence-electron chi connectivity index (χ1n) is 8.76. The Bertz CT molecular complexity index is 762. The van der Waals surface area contributed by atoms with Gasteiger partial charge >= 0.3 is 0 Å². The van der Waals surface area contributed by atoms with Crippen molar-refractivity contribution in [2.45, 2.75) is 25.3 Å². The van der Waals surface area contributed by atoms with Crippen LogP contribution in [0.5, 0.6) is 5.75 Å². The third kappa shape index (κ3) is 4.02. The predicted octanol–water partition coefficient (Wildman–Crippen LogP) is 3.21. The standard InChI is InChI=1S/C19H24ClN3O3/c1-25-11-10-22-9-7-21-18(22)14-4-3-8-23(13-14)19(24)16-6-5-15(20)12-17(16)26-2/h5-7,9,12,14H,3-4,8,10-11,13H2,1-2H3/t14-/m0/s1. The maximum absolute atomic E-state index is 13.0. The third-order valence-electron chi connectivity index (χ3n) is 4.75. The molecule has 140 valence electrons. The number of ether oxygens (including phenoxy) is 2. The largest absolute Gasteiger partial charge is 0.496 e. The van der Waals surface area contributed by atoms with E-state index in [4.69, 9.17) is 21.1 Å². The van der Waals surface area contributed by atoms with Crippen molar-refractivity contribution in [2.24, 2.45) is 0 Å². The highest BCUT2D eigenvalue weighted by Gasteiger charge is 2.29. The lowest BCUT2D eigenvalue weighted by Gasteiger charge is -2.33. The first-order valence-corrected chi connectivity index (χ1v) is 9.14. The fourth-order valence-corrected chi connectivity index (χ4v) is 3.61. The minimum Gasteiger partial charge on any atom is -0.496 e. The SMILES string of the molecule is COCCn1ccnc1[C@H]1CCCN(C(=O)c2ccc(Cl)cc2OC)C1. The molecule has 2 aromatic rings. The van der Waals surface area contributed by atoms with Crippen molar-refractivity contribution >= 4 is 17.5 Å². The van der Waals surface area contributed by atoms with Crippen molar-refractivity contribution in [1.29, 1.82) is 0 Å². The summed E-state index contributed by atoms with van der Waals surface area (Å²) in [5, 5.41) is 0.551. The van der Waals surface area contributed by atoms with Crippen LogP contribution in [0.25, 0.3) is 0 Å². The summed E-state index contributed by atoms with van der Waals surface area (Å²) in [6, 6.07) is 5.12. The zero-order valence-corrected chi connectivity index (χ0v) is 15.9. The van der Waals surface area contributed by atoms with Gasteiger partial charge in [0.1, 0.15) is 11.6 Å².